The van der Waals surface area contributed by atoms with Gasteiger partial charge in [-0.1, -0.05) is 17.7 Å². The van der Waals surface area contributed by atoms with E-state index in [9.17, 15) is 23.6 Å². The number of carbonyl (C=O) groups is 4. The second-order valence-electron chi connectivity index (χ2n) is 8.58. The number of benzene rings is 2. The highest BCUT2D eigenvalue weighted by Crippen LogP contribution is 2.36. The molecular formula is C28H28ClF2NO7S. The molecule has 2 aromatic carbocycles. The molecule has 0 bridgehead atoms. The van der Waals surface area contributed by atoms with Crippen molar-refractivity contribution in [2.24, 2.45) is 0 Å². The van der Waals surface area contributed by atoms with Gasteiger partial charge in [-0.05, 0) is 62.9 Å². The molecule has 1 aliphatic carbocycles. The van der Waals surface area contributed by atoms with E-state index in [-0.39, 0.29) is 65.0 Å². The van der Waals surface area contributed by atoms with Crippen LogP contribution in [-0.4, -0.2) is 56.4 Å². The molecule has 2 amide bonds. The van der Waals surface area contributed by atoms with Crippen molar-refractivity contribution in [1.82, 2.24) is 0 Å². The Morgan fingerprint density at radius 3 is 2.38 bits per heavy atom. The van der Waals surface area contributed by atoms with Gasteiger partial charge < -0.3 is 14.2 Å². The first-order valence-corrected chi connectivity index (χ1v) is 13.8. The number of carbonyl (C=O) groups excluding carboxylic acids is 4. The third kappa shape index (κ3) is 7.89. The number of rotatable bonds is 11. The van der Waals surface area contributed by atoms with Crippen LogP contribution in [-0.2, 0) is 28.6 Å². The van der Waals surface area contributed by atoms with Crippen LogP contribution >= 0.6 is 23.4 Å². The van der Waals surface area contributed by atoms with Gasteiger partial charge in [0.1, 0.15) is 18.2 Å². The van der Waals surface area contributed by atoms with Gasteiger partial charge in [-0.25, -0.2) is 18.5 Å². The topological polar surface area (TPSA) is 99.2 Å². The minimum absolute atomic E-state index is 0.00602. The van der Waals surface area contributed by atoms with Crippen LogP contribution in [0.3, 0.4) is 0 Å². The highest BCUT2D eigenvalue weighted by atomic mass is 35.5. The molecule has 2 aromatic rings. The van der Waals surface area contributed by atoms with Crippen molar-refractivity contribution in [3.8, 4) is 0 Å². The van der Waals surface area contributed by atoms with E-state index in [0.717, 1.165) is 36.0 Å². The molecule has 214 valence electrons. The monoisotopic (exact) mass is 595 g/mol. The number of hydrogen-bond donors (Lipinski definition) is 0. The van der Waals surface area contributed by atoms with E-state index < -0.39 is 41.1 Å². The van der Waals surface area contributed by atoms with Crippen LogP contribution in [0.15, 0.2) is 52.4 Å². The minimum atomic E-state index is -1.02. The van der Waals surface area contributed by atoms with Crippen LogP contribution in [0.1, 0.15) is 43.0 Å². The third-order valence-corrected chi connectivity index (χ3v) is 7.32. The first-order valence-electron chi connectivity index (χ1n) is 12.5. The van der Waals surface area contributed by atoms with Gasteiger partial charge in [-0.15, -0.1) is 11.8 Å². The molecule has 40 heavy (non-hydrogen) atoms. The molecule has 0 saturated heterocycles. The minimum Gasteiger partial charge on any atom is -0.465 e. The number of thioether (sulfide) groups is 1. The maximum atomic E-state index is 15.4. The van der Waals surface area contributed by atoms with Crippen molar-refractivity contribution in [3.63, 3.8) is 0 Å². The smallest absolute Gasteiger partial charge is 0.334 e. The van der Waals surface area contributed by atoms with E-state index in [1.165, 1.54) is 19.2 Å². The van der Waals surface area contributed by atoms with Gasteiger partial charge in [0.2, 0.25) is 0 Å². The first-order chi connectivity index (χ1) is 19.2. The molecule has 0 aromatic heterocycles. The predicted octanol–water partition coefficient (Wildman–Crippen LogP) is 5.51. The van der Waals surface area contributed by atoms with E-state index in [1.807, 2.05) is 0 Å². The van der Waals surface area contributed by atoms with Gasteiger partial charge in [-0.2, -0.15) is 0 Å². The maximum Gasteiger partial charge on any atom is 0.334 e. The molecule has 0 N–H and O–H groups in total. The van der Waals surface area contributed by atoms with Crippen molar-refractivity contribution >= 4 is 52.8 Å². The molecule has 0 atom stereocenters. The van der Waals surface area contributed by atoms with E-state index in [0.29, 0.717) is 17.7 Å². The number of hydrogen-bond acceptors (Lipinski definition) is 8. The number of anilines is 1. The van der Waals surface area contributed by atoms with Crippen molar-refractivity contribution in [3.05, 3.63) is 69.8 Å². The summed E-state index contributed by atoms with van der Waals surface area (Å²) in [6.07, 6.45) is 1.51. The van der Waals surface area contributed by atoms with Crippen LogP contribution in [0.5, 0.6) is 0 Å². The van der Waals surface area contributed by atoms with E-state index in [1.54, 1.807) is 6.92 Å². The van der Waals surface area contributed by atoms with E-state index >= 15 is 4.39 Å². The molecule has 12 heteroatoms. The number of imide groups is 1. The number of esters is 2. The van der Waals surface area contributed by atoms with Gasteiger partial charge in [-0.3, -0.25) is 14.4 Å². The van der Waals surface area contributed by atoms with Crippen LogP contribution < -0.4 is 4.90 Å². The fourth-order valence-corrected chi connectivity index (χ4v) is 5.07. The van der Waals surface area contributed by atoms with Crippen LogP contribution in [0.25, 0.3) is 0 Å². The Morgan fingerprint density at radius 2 is 1.70 bits per heavy atom. The zero-order valence-electron chi connectivity index (χ0n) is 22.0. The zero-order valence-corrected chi connectivity index (χ0v) is 23.5. The van der Waals surface area contributed by atoms with Crippen molar-refractivity contribution < 1.29 is 42.2 Å². The lowest BCUT2D eigenvalue weighted by atomic mass is 9.90. The Labute approximate surface area is 239 Å². The molecule has 0 saturated carbocycles. The van der Waals surface area contributed by atoms with E-state index in [2.05, 4.69) is 0 Å². The molecule has 0 fully saturated rings. The lowest BCUT2D eigenvalue weighted by Gasteiger charge is -2.26. The summed E-state index contributed by atoms with van der Waals surface area (Å²) in [5, 5.41) is -0.0551. The number of halogens is 3. The summed E-state index contributed by atoms with van der Waals surface area (Å²) >= 11 is 7.13. The molecular weight excluding hydrogens is 568 g/mol. The summed E-state index contributed by atoms with van der Waals surface area (Å²) in [6, 6.07) is 6.68. The molecule has 0 radical (unpaired) electrons. The molecule has 0 heterocycles. The standard InChI is InChI=1S/C28H28ClF2NO7S/c1-3-38-25(33)16-40-24-15-23(22(31)14-21(24)29)32(26(34)17-7-6-8-18(30)13-17)27(35)19-9-4-5-10-20(19)28(36)39-12-11-37-2/h6-8,13-15H,3-5,9-12,16H2,1-2H3. The Kier molecular flexibility index (Phi) is 11.7. The van der Waals surface area contributed by atoms with Gasteiger partial charge in [0.05, 0.1) is 29.7 Å². The summed E-state index contributed by atoms with van der Waals surface area (Å²) in [5.74, 6) is -5.15. The number of ether oxygens (including phenoxy) is 3. The largest absolute Gasteiger partial charge is 0.465 e. The highest BCUT2D eigenvalue weighted by molar-refractivity contribution is 8.00. The summed E-state index contributed by atoms with van der Waals surface area (Å²) in [6.45, 7) is 1.92. The Balaban J connectivity index is 2.11. The molecule has 0 spiro atoms. The maximum absolute atomic E-state index is 15.4. The van der Waals surface area contributed by atoms with E-state index in [4.69, 9.17) is 25.8 Å². The summed E-state index contributed by atoms with van der Waals surface area (Å²) in [5.41, 5.74) is -0.617. The number of methoxy groups -OCH3 is 1. The lowest BCUT2D eigenvalue weighted by molar-refractivity contribution is -0.141. The zero-order chi connectivity index (χ0) is 29.2. The number of amides is 2. The molecule has 1 aliphatic rings. The SMILES string of the molecule is CCOC(=O)CSc1cc(N(C(=O)C2=C(C(=O)OCCOC)CCCC2)C(=O)c2cccc(F)c2)c(F)cc1Cl. The average Bonchev–Trinajstić information content (AvgIpc) is 2.93. The second-order valence-corrected chi connectivity index (χ2v) is 10.0. The van der Waals surface area contributed by atoms with Gasteiger partial charge in [0, 0.05) is 28.7 Å². The summed E-state index contributed by atoms with van der Waals surface area (Å²) < 4.78 is 44.5. The van der Waals surface area contributed by atoms with Crippen LogP contribution in [0.4, 0.5) is 14.5 Å². The van der Waals surface area contributed by atoms with Gasteiger partial charge >= 0.3 is 11.9 Å². The number of nitrogens with zero attached hydrogens (tertiary/aromatic N) is 1. The van der Waals surface area contributed by atoms with Gasteiger partial charge in [0.25, 0.3) is 11.8 Å². The normalized spacial score (nSPS) is 13.1. The Morgan fingerprint density at radius 1 is 0.975 bits per heavy atom. The predicted molar refractivity (Wildman–Crippen MR) is 145 cm³/mol. The fraction of sp³-hybridized carbons (Fsp3) is 0.357. The summed E-state index contributed by atoms with van der Waals surface area (Å²) in [4.78, 5) is 53.1. The summed E-state index contributed by atoms with van der Waals surface area (Å²) in [7, 11) is 1.44. The Hall–Kier alpha value is -3.28. The van der Waals surface area contributed by atoms with Crippen LogP contribution in [0, 0.1) is 11.6 Å². The first kappa shape index (κ1) is 31.3. The fourth-order valence-electron chi connectivity index (χ4n) is 4.01. The third-order valence-electron chi connectivity index (χ3n) is 5.86. The molecule has 3 rings (SSSR count). The Bertz CT molecular complexity index is 1320. The molecule has 8 nitrogen and oxygen atoms in total. The quantitative estimate of drug-likeness (QED) is 0.145. The van der Waals surface area contributed by atoms with Gasteiger partial charge in [0.15, 0.2) is 0 Å². The van der Waals surface area contributed by atoms with Crippen molar-refractivity contribution in [1.29, 1.82) is 0 Å². The van der Waals surface area contributed by atoms with Crippen LogP contribution in [0.2, 0.25) is 5.02 Å². The molecule has 0 unspecified atom stereocenters. The lowest BCUT2D eigenvalue weighted by Crippen LogP contribution is -2.40. The average molecular weight is 596 g/mol. The van der Waals surface area contributed by atoms with Crippen molar-refractivity contribution in [2.45, 2.75) is 37.5 Å². The van der Waals surface area contributed by atoms with Crippen molar-refractivity contribution in [2.75, 3.05) is 37.6 Å². The second kappa shape index (κ2) is 14.9. The molecule has 0 aliphatic heterocycles. The highest BCUT2D eigenvalue weighted by Gasteiger charge is 2.34.